The number of rotatable bonds is 7. The largest absolute Gasteiger partial charge is 0.460 e. The van der Waals surface area contributed by atoms with Gasteiger partial charge in [0.2, 0.25) is 0 Å². The van der Waals surface area contributed by atoms with Crippen LogP contribution in [0.25, 0.3) is 139 Å². The fourth-order valence-corrected chi connectivity index (χ4v) is 12.2. The molecule has 0 amide bonds. The maximum Gasteiger partial charge on any atom is 0.164 e. The summed E-state index contributed by atoms with van der Waals surface area (Å²) in [6.45, 7) is 0. The van der Waals surface area contributed by atoms with Gasteiger partial charge in [0.15, 0.2) is 17.5 Å². The highest BCUT2D eigenvalue weighted by Crippen LogP contribution is 2.47. The van der Waals surface area contributed by atoms with E-state index in [-0.39, 0.29) is 0 Å². The van der Waals surface area contributed by atoms with Crippen LogP contribution in [0.3, 0.4) is 0 Å². The van der Waals surface area contributed by atoms with Crippen molar-refractivity contribution in [2.24, 2.45) is 0 Å². The van der Waals surface area contributed by atoms with Crippen LogP contribution in [0.2, 0.25) is 0 Å². The van der Waals surface area contributed by atoms with Gasteiger partial charge < -0.3 is 18.0 Å². The molecule has 0 aliphatic heterocycles. The maximum atomic E-state index is 6.76. The summed E-state index contributed by atoms with van der Waals surface area (Å²) in [5.74, 6) is 2.74. The molecule has 1 aliphatic rings. The Hall–Kier alpha value is -10.1. The third-order valence-corrected chi connectivity index (χ3v) is 15.4. The fraction of sp³-hybridized carbons (Fsp3) is 0.0290. The molecule has 5 heterocycles. The topological polar surface area (TPSA) is 74.8 Å². The van der Waals surface area contributed by atoms with Crippen LogP contribution in [-0.2, 0) is 6.42 Å². The average Bonchev–Trinajstić information content (AvgIpc) is 4.29. The van der Waals surface area contributed by atoms with Gasteiger partial charge in [0.25, 0.3) is 0 Å². The van der Waals surface area contributed by atoms with Crippen molar-refractivity contribution >= 4 is 82.1 Å². The van der Waals surface area contributed by atoms with Crippen LogP contribution >= 0.6 is 0 Å². The lowest BCUT2D eigenvalue weighted by Crippen LogP contribution is -2.01. The second kappa shape index (κ2) is 16.7. The first-order valence-corrected chi connectivity index (χ1v) is 25.9. The highest BCUT2D eigenvalue weighted by Gasteiger charge is 2.27. The van der Waals surface area contributed by atoms with Gasteiger partial charge in [-0.05, 0) is 120 Å². The number of nitrogens with zero attached hydrogens (tertiary/aromatic N) is 5. The molecular formula is C69H43N5O2. The molecule has 0 spiro atoms. The summed E-state index contributed by atoms with van der Waals surface area (Å²) in [5, 5.41) is 7.89. The van der Waals surface area contributed by atoms with Gasteiger partial charge in [0.05, 0.1) is 22.1 Å². The molecule has 0 unspecified atom stereocenters. The SMILES string of the molecule is C1=C(c2cccc3c2c2ccccc2n3-c2ccccc2)c2c(oc3ccc(-c4nc(-c5ccccc5)nc(-c5ccc6oc7cccc(-c8cccc9c8c8ccccc8n9-c8ccccc8)c7c6c5)n4)cc23)CC1. The number of furan rings is 2. The fourth-order valence-electron chi connectivity index (χ4n) is 12.2. The lowest BCUT2D eigenvalue weighted by atomic mass is 9.87. The van der Waals surface area contributed by atoms with Crippen molar-refractivity contribution in [3.8, 4) is 56.7 Å². The lowest BCUT2D eigenvalue weighted by Gasteiger charge is -2.16. The van der Waals surface area contributed by atoms with E-state index in [0.717, 1.165) is 107 Å². The van der Waals surface area contributed by atoms with E-state index in [4.69, 9.17) is 23.8 Å². The van der Waals surface area contributed by atoms with Crippen molar-refractivity contribution in [3.63, 3.8) is 0 Å². The summed E-state index contributed by atoms with van der Waals surface area (Å²) in [6, 6.07) is 81.2. The van der Waals surface area contributed by atoms with Crippen molar-refractivity contribution in [1.29, 1.82) is 0 Å². The first-order chi connectivity index (χ1) is 37.7. The van der Waals surface area contributed by atoms with Gasteiger partial charge in [0, 0.05) is 77.8 Å². The van der Waals surface area contributed by atoms with Gasteiger partial charge in [-0.1, -0.05) is 146 Å². The maximum absolute atomic E-state index is 6.76. The first-order valence-electron chi connectivity index (χ1n) is 25.9. The molecule has 0 saturated carbocycles. The minimum Gasteiger partial charge on any atom is -0.460 e. The normalized spacial score (nSPS) is 12.7. The van der Waals surface area contributed by atoms with Crippen LogP contribution in [0.1, 0.15) is 23.3 Å². The summed E-state index contributed by atoms with van der Waals surface area (Å²) in [7, 11) is 0. The smallest absolute Gasteiger partial charge is 0.164 e. The van der Waals surface area contributed by atoms with Crippen LogP contribution in [0.15, 0.2) is 245 Å². The van der Waals surface area contributed by atoms with Crippen molar-refractivity contribution in [3.05, 3.63) is 253 Å². The highest BCUT2D eigenvalue weighted by molar-refractivity contribution is 6.21. The predicted octanol–water partition coefficient (Wildman–Crippen LogP) is 17.8. The molecule has 76 heavy (non-hydrogen) atoms. The van der Waals surface area contributed by atoms with Crippen LogP contribution in [0.5, 0.6) is 0 Å². The number of para-hydroxylation sites is 4. The number of allylic oxidation sites excluding steroid dienone is 1. The molecule has 0 radical (unpaired) electrons. The monoisotopic (exact) mass is 973 g/mol. The third kappa shape index (κ3) is 6.45. The van der Waals surface area contributed by atoms with Crippen molar-refractivity contribution in [2.45, 2.75) is 12.8 Å². The Labute approximate surface area is 435 Å². The quantitative estimate of drug-likeness (QED) is 0.159. The Morgan fingerprint density at radius 3 is 1.46 bits per heavy atom. The van der Waals surface area contributed by atoms with Gasteiger partial charge >= 0.3 is 0 Å². The molecule has 7 nitrogen and oxygen atoms in total. The standard InChI is InChI=1S/C69H43N5O2/c1-4-18-42(19-5-1)67-70-68(43-36-38-59-53(40-43)65-49(28-16-34-61(65)75-59)47-26-14-32-57-63(47)51-24-10-12-30-55(51)73(57)45-20-6-2-7-21-45)72-69(71-67)44-37-39-60-54(41-44)66-50(29-17-35-62(66)76-60)48-27-15-33-58-64(48)52-25-11-13-31-56(52)74(58)46-22-8-3-9-23-46/h1-16,18-34,36-41H,17,35H2. The van der Waals surface area contributed by atoms with Crippen molar-refractivity contribution in [1.82, 2.24) is 24.1 Å². The second-order valence-corrected chi connectivity index (χ2v) is 19.7. The van der Waals surface area contributed by atoms with Crippen molar-refractivity contribution < 1.29 is 8.83 Å². The number of hydrogen-bond donors (Lipinski definition) is 0. The number of fused-ring (bicyclic) bond motifs is 12. The number of benzene rings is 10. The second-order valence-electron chi connectivity index (χ2n) is 19.7. The average molecular weight is 974 g/mol. The van der Waals surface area contributed by atoms with Crippen LogP contribution in [0.4, 0.5) is 0 Å². The summed E-state index contributed by atoms with van der Waals surface area (Å²) < 4.78 is 18.2. The van der Waals surface area contributed by atoms with E-state index in [1.54, 1.807) is 0 Å². The van der Waals surface area contributed by atoms with Crippen LogP contribution in [0, 0.1) is 0 Å². The van der Waals surface area contributed by atoms with Crippen LogP contribution < -0.4 is 0 Å². The van der Waals surface area contributed by atoms with E-state index in [0.29, 0.717) is 17.5 Å². The Bertz CT molecular complexity index is 4870. The van der Waals surface area contributed by atoms with Crippen molar-refractivity contribution in [2.75, 3.05) is 0 Å². The van der Waals surface area contributed by atoms with E-state index in [1.807, 2.05) is 18.2 Å². The minimum absolute atomic E-state index is 0.571. The molecule has 0 bridgehead atoms. The number of aromatic nitrogens is 5. The number of hydrogen-bond acceptors (Lipinski definition) is 5. The predicted molar refractivity (Wildman–Crippen MR) is 309 cm³/mol. The zero-order valence-corrected chi connectivity index (χ0v) is 41.0. The molecule has 5 aromatic heterocycles. The lowest BCUT2D eigenvalue weighted by molar-refractivity contribution is 0.545. The van der Waals surface area contributed by atoms with E-state index >= 15 is 0 Å². The molecule has 16 rings (SSSR count). The Kier molecular flexibility index (Phi) is 9.32. The molecule has 1 aliphatic carbocycles. The van der Waals surface area contributed by atoms with E-state index < -0.39 is 0 Å². The zero-order valence-electron chi connectivity index (χ0n) is 41.0. The molecule has 15 aromatic rings. The van der Waals surface area contributed by atoms with Gasteiger partial charge in [0.1, 0.15) is 22.5 Å². The Balaban J connectivity index is 0.858. The number of aryl methyl sites for hydroxylation is 1. The van der Waals surface area contributed by atoms with Crippen LogP contribution in [-0.4, -0.2) is 24.1 Å². The van der Waals surface area contributed by atoms with Gasteiger partial charge in [-0.2, -0.15) is 0 Å². The van der Waals surface area contributed by atoms with E-state index in [9.17, 15) is 0 Å². The molecule has 0 saturated heterocycles. The van der Waals surface area contributed by atoms with Gasteiger partial charge in [-0.3, -0.25) is 0 Å². The Morgan fingerprint density at radius 1 is 0.342 bits per heavy atom. The van der Waals surface area contributed by atoms with E-state index in [2.05, 4.69) is 228 Å². The molecular weight excluding hydrogens is 931 g/mol. The summed E-state index contributed by atoms with van der Waals surface area (Å²) in [5.41, 5.74) is 17.7. The molecule has 7 heteroatoms. The first kappa shape index (κ1) is 42.4. The third-order valence-electron chi connectivity index (χ3n) is 15.4. The van der Waals surface area contributed by atoms with E-state index in [1.165, 1.54) is 43.7 Å². The molecule has 0 atom stereocenters. The van der Waals surface area contributed by atoms with Gasteiger partial charge in [-0.25, -0.2) is 15.0 Å². The summed E-state index contributed by atoms with van der Waals surface area (Å²) in [4.78, 5) is 15.8. The Morgan fingerprint density at radius 2 is 0.829 bits per heavy atom. The summed E-state index contributed by atoms with van der Waals surface area (Å²) in [6.07, 6.45) is 4.09. The molecule has 0 N–H and O–H groups in total. The highest BCUT2D eigenvalue weighted by atomic mass is 16.3. The minimum atomic E-state index is 0.571. The van der Waals surface area contributed by atoms with Gasteiger partial charge in [-0.15, -0.1) is 0 Å². The molecule has 356 valence electrons. The molecule has 0 fully saturated rings. The summed E-state index contributed by atoms with van der Waals surface area (Å²) >= 11 is 0. The molecule has 10 aromatic carbocycles. The zero-order chi connectivity index (χ0) is 49.8.